The number of fused-ring (bicyclic) bond motifs is 5. The fraction of sp³-hybridized carbons (Fsp3) is 0.684. The first-order chi connectivity index (χ1) is 10.2. The van der Waals surface area contributed by atoms with Gasteiger partial charge in [0.15, 0.2) is 0 Å². The van der Waals surface area contributed by atoms with E-state index in [4.69, 9.17) is 0 Å². The van der Waals surface area contributed by atoms with Gasteiger partial charge in [-0.15, -0.1) is 12.4 Å². The SMILES string of the molecule is CN(C)c1cccc(CN[C@@H]2C[C@@H]3C[C@H]2[C@@H]2CCC[C@H]32)c1.Cl. The molecule has 3 fully saturated rings. The number of nitrogens with one attached hydrogen (secondary N) is 1. The molecule has 22 heavy (non-hydrogen) atoms. The van der Waals surface area contributed by atoms with E-state index in [1.165, 1.54) is 43.4 Å². The summed E-state index contributed by atoms with van der Waals surface area (Å²) in [5, 5.41) is 3.89. The molecule has 0 aromatic heterocycles. The molecular formula is C19H29ClN2. The molecule has 0 heterocycles. The third-order valence-electron chi connectivity index (χ3n) is 6.42. The van der Waals surface area contributed by atoms with Crippen molar-refractivity contribution in [3.63, 3.8) is 0 Å². The Bertz CT molecular complexity index is 516. The summed E-state index contributed by atoms with van der Waals surface area (Å²) < 4.78 is 0. The monoisotopic (exact) mass is 320 g/mol. The predicted octanol–water partition coefficient (Wildman–Crippen LogP) is 4.09. The molecule has 1 N–H and O–H groups in total. The third-order valence-corrected chi connectivity index (χ3v) is 6.42. The topological polar surface area (TPSA) is 15.3 Å². The van der Waals surface area contributed by atoms with E-state index in [-0.39, 0.29) is 12.4 Å². The average molecular weight is 321 g/mol. The van der Waals surface area contributed by atoms with Gasteiger partial charge in [0.1, 0.15) is 0 Å². The van der Waals surface area contributed by atoms with E-state index in [0.717, 1.165) is 36.3 Å². The number of benzene rings is 1. The summed E-state index contributed by atoms with van der Waals surface area (Å²) in [6, 6.07) is 9.73. The smallest absolute Gasteiger partial charge is 0.0364 e. The number of nitrogens with zero attached hydrogens (tertiary/aromatic N) is 1. The van der Waals surface area contributed by atoms with Crippen molar-refractivity contribution in [1.82, 2.24) is 5.32 Å². The van der Waals surface area contributed by atoms with E-state index in [1.54, 1.807) is 0 Å². The fourth-order valence-corrected chi connectivity index (χ4v) is 5.50. The van der Waals surface area contributed by atoms with Crippen LogP contribution in [-0.2, 0) is 6.54 Å². The standard InChI is InChI=1S/C19H28N2.ClH/c1-21(2)15-6-3-5-13(9-15)12-20-19-11-14-10-18(19)17-8-4-7-16(14)17;/h3,5-6,9,14,16-20H,4,7-8,10-12H2,1-2H3;1H/t14-,16+,17+,18-,19+;/m0./s1. The lowest BCUT2D eigenvalue weighted by molar-refractivity contribution is 0.208. The lowest BCUT2D eigenvalue weighted by atomic mass is 9.79. The van der Waals surface area contributed by atoms with Crippen LogP contribution in [0.15, 0.2) is 24.3 Å². The maximum atomic E-state index is 3.89. The number of rotatable bonds is 4. The van der Waals surface area contributed by atoms with Gasteiger partial charge >= 0.3 is 0 Å². The second kappa shape index (κ2) is 6.41. The lowest BCUT2D eigenvalue weighted by Crippen LogP contribution is -2.38. The quantitative estimate of drug-likeness (QED) is 0.899. The van der Waals surface area contributed by atoms with Crippen LogP contribution in [0.3, 0.4) is 0 Å². The normalized spacial score (nSPS) is 35.3. The van der Waals surface area contributed by atoms with Crippen molar-refractivity contribution in [2.75, 3.05) is 19.0 Å². The first-order valence-electron chi connectivity index (χ1n) is 8.72. The van der Waals surface area contributed by atoms with E-state index in [2.05, 4.69) is 48.6 Å². The van der Waals surface area contributed by atoms with Gasteiger partial charge in [-0.2, -0.15) is 0 Å². The highest BCUT2D eigenvalue weighted by atomic mass is 35.5. The Morgan fingerprint density at radius 2 is 1.91 bits per heavy atom. The molecule has 0 saturated heterocycles. The van der Waals surface area contributed by atoms with Crippen LogP contribution in [0.1, 0.15) is 37.7 Å². The molecule has 2 bridgehead atoms. The molecule has 3 heteroatoms. The molecule has 3 aliphatic carbocycles. The summed E-state index contributed by atoms with van der Waals surface area (Å²) in [6.45, 7) is 1.03. The van der Waals surface area contributed by atoms with E-state index in [0.29, 0.717) is 0 Å². The van der Waals surface area contributed by atoms with Crippen LogP contribution in [0.4, 0.5) is 5.69 Å². The zero-order chi connectivity index (χ0) is 14.4. The summed E-state index contributed by atoms with van der Waals surface area (Å²) in [4.78, 5) is 2.18. The molecule has 1 aromatic carbocycles. The van der Waals surface area contributed by atoms with E-state index >= 15 is 0 Å². The van der Waals surface area contributed by atoms with Crippen LogP contribution in [0.25, 0.3) is 0 Å². The van der Waals surface area contributed by atoms with E-state index in [1.807, 2.05) is 0 Å². The molecular weight excluding hydrogens is 292 g/mol. The van der Waals surface area contributed by atoms with Crippen molar-refractivity contribution >= 4 is 18.1 Å². The van der Waals surface area contributed by atoms with E-state index in [9.17, 15) is 0 Å². The van der Waals surface area contributed by atoms with Crippen molar-refractivity contribution in [2.45, 2.75) is 44.7 Å². The van der Waals surface area contributed by atoms with Crippen molar-refractivity contribution < 1.29 is 0 Å². The van der Waals surface area contributed by atoms with Gasteiger partial charge in [0, 0.05) is 32.4 Å². The van der Waals surface area contributed by atoms with Crippen molar-refractivity contribution in [1.29, 1.82) is 0 Å². The van der Waals surface area contributed by atoms with Crippen LogP contribution in [0, 0.1) is 23.7 Å². The molecule has 0 aliphatic heterocycles. The Hall–Kier alpha value is -0.730. The van der Waals surface area contributed by atoms with Gasteiger partial charge in [0.2, 0.25) is 0 Å². The Morgan fingerprint density at radius 1 is 1.09 bits per heavy atom. The minimum absolute atomic E-state index is 0. The van der Waals surface area contributed by atoms with Crippen molar-refractivity contribution in [3.05, 3.63) is 29.8 Å². The van der Waals surface area contributed by atoms with Crippen LogP contribution in [0.2, 0.25) is 0 Å². The molecule has 3 aliphatic rings. The molecule has 1 aromatic rings. The highest BCUT2D eigenvalue weighted by Gasteiger charge is 2.53. The van der Waals surface area contributed by atoms with E-state index < -0.39 is 0 Å². The van der Waals surface area contributed by atoms with Gasteiger partial charge in [-0.05, 0) is 67.1 Å². The van der Waals surface area contributed by atoms with Crippen LogP contribution in [0.5, 0.6) is 0 Å². The zero-order valence-electron chi connectivity index (χ0n) is 13.8. The van der Waals surface area contributed by atoms with Crippen molar-refractivity contribution in [3.8, 4) is 0 Å². The molecule has 4 rings (SSSR count). The minimum Gasteiger partial charge on any atom is -0.378 e. The minimum atomic E-state index is 0. The van der Waals surface area contributed by atoms with Crippen LogP contribution >= 0.6 is 12.4 Å². The molecule has 0 amide bonds. The van der Waals surface area contributed by atoms with Crippen LogP contribution in [-0.4, -0.2) is 20.1 Å². The Morgan fingerprint density at radius 3 is 2.73 bits per heavy atom. The Balaban J connectivity index is 0.00000144. The largest absolute Gasteiger partial charge is 0.378 e. The lowest BCUT2D eigenvalue weighted by Gasteiger charge is -2.32. The second-order valence-electron chi connectivity index (χ2n) is 7.71. The number of halogens is 1. The summed E-state index contributed by atoms with van der Waals surface area (Å²) in [6.07, 6.45) is 7.51. The zero-order valence-corrected chi connectivity index (χ0v) is 14.6. The van der Waals surface area contributed by atoms with Gasteiger partial charge in [0.05, 0.1) is 0 Å². The molecule has 2 nitrogen and oxygen atoms in total. The highest BCUT2D eigenvalue weighted by Crippen LogP contribution is 2.58. The molecule has 0 radical (unpaired) electrons. The molecule has 5 atom stereocenters. The Kier molecular flexibility index (Phi) is 4.70. The van der Waals surface area contributed by atoms with Gasteiger partial charge < -0.3 is 10.2 Å². The molecule has 0 unspecified atom stereocenters. The number of anilines is 1. The molecule has 122 valence electrons. The summed E-state index contributed by atoms with van der Waals surface area (Å²) in [5.74, 6) is 4.20. The first-order valence-corrected chi connectivity index (χ1v) is 8.72. The number of hydrogen-bond acceptors (Lipinski definition) is 2. The van der Waals surface area contributed by atoms with Gasteiger partial charge in [-0.25, -0.2) is 0 Å². The third kappa shape index (κ3) is 2.76. The van der Waals surface area contributed by atoms with Gasteiger partial charge in [-0.3, -0.25) is 0 Å². The average Bonchev–Trinajstić information content (AvgIpc) is 3.17. The molecule has 0 spiro atoms. The van der Waals surface area contributed by atoms with Gasteiger partial charge in [-0.1, -0.05) is 18.6 Å². The number of hydrogen-bond donors (Lipinski definition) is 1. The maximum Gasteiger partial charge on any atom is 0.0364 e. The van der Waals surface area contributed by atoms with Gasteiger partial charge in [0.25, 0.3) is 0 Å². The van der Waals surface area contributed by atoms with Crippen molar-refractivity contribution in [2.24, 2.45) is 23.7 Å². The fourth-order valence-electron chi connectivity index (χ4n) is 5.50. The maximum absolute atomic E-state index is 3.89. The summed E-state index contributed by atoms with van der Waals surface area (Å²) in [7, 11) is 4.23. The molecule has 3 saturated carbocycles. The predicted molar refractivity (Wildman–Crippen MR) is 95.7 cm³/mol. The Labute approximate surface area is 141 Å². The summed E-state index contributed by atoms with van der Waals surface area (Å²) >= 11 is 0. The summed E-state index contributed by atoms with van der Waals surface area (Å²) in [5.41, 5.74) is 2.73. The highest BCUT2D eigenvalue weighted by molar-refractivity contribution is 5.85. The first kappa shape index (κ1) is 16.1. The second-order valence-corrected chi connectivity index (χ2v) is 7.71. The van der Waals surface area contributed by atoms with Crippen LogP contribution < -0.4 is 10.2 Å².